The van der Waals surface area contributed by atoms with Gasteiger partial charge in [0.05, 0.1) is 11.9 Å². The van der Waals surface area contributed by atoms with E-state index in [1.165, 1.54) is 16.9 Å². The van der Waals surface area contributed by atoms with Gasteiger partial charge in [-0.1, -0.05) is 13.3 Å². The minimum atomic E-state index is -0.883. The molecule has 7 nitrogen and oxygen atoms in total. The van der Waals surface area contributed by atoms with Crippen LogP contribution in [0.1, 0.15) is 31.4 Å². The van der Waals surface area contributed by atoms with Crippen molar-refractivity contribution in [2.24, 2.45) is 0 Å². The first kappa shape index (κ1) is 10.5. The summed E-state index contributed by atoms with van der Waals surface area (Å²) >= 11 is 0. The van der Waals surface area contributed by atoms with Crippen LogP contribution < -0.4 is 0 Å². The van der Waals surface area contributed by atoms with Gasteiger partial charge in [-0.2, -0.15) is 4.52 Å². The molecule has 2 aromatic heterocycles. The van der Waals surface area contributed by atoms with E-state index in [4.69, 9.17) is 5.11 Å². The minimum Gasteiger partial charge on any atom is -0.481 e. The van der Waals surface area contributed by atoms with Crippen molar-refractivity contribution < 1.29 is 9.90 Å². The van der Waals surface area contributed by atoms with Crippen molar-refractivity contribution in [3.63, 3.8) is 0 Å². The van der Waals surface area contributed by atoms with Gasteiger partial charge in [-0.3, -0.25) is 9.78 Å². The highest BCUT2D eigenvalue weighted by atomic mass is 16.4. The molecular weight excluding hydrogens is 210 g/mol. The van der Waals surface area contributed by atoms with Crippen LogP contribution in [-0.4, -0.2) is 36.1 Å². The van der Waals surface area contributed by atoms with Gasteiger partial charge in [0.25, 0.3) is 0 Å². The summed E-state index contributed by atoms with van der Waals surface area (Å²) in [7, 11) is 0. The van der Waals surface area contributed by atoms with Gasteiger partial charge in [0.1, 0.15) is 5.92 Å². The zero-order valence-corrected chi connectivity index (χ0v) is 8.74. The van der Waals surface area contributed by atoms with E-state index in [9.17, 15) is 4.79 Å². The first-order valence-electron chi connectivity index (χ1n) is 4.99. The number of tetrazole rings is 1. The third-order valence-electron chi connectivity index (χ3n) is 2.37. The maximum absolute atomic E-state index is 11.1. The average molecular weight is 221 g/mol. The molecule has 2 aromatic rings. The number of carboxylic acids is 1. The molecule has 0 spiro atoms. The first-order chi connectivity index (χ1) is 7.74. The highest BCUT2D eigenvalue weighted by Crippen LogP contribution is 2.20. The van der Waals surface area contributed by atoms with Crippen LogP contribution in [0.15, 0.2) is 12.4 Å². The molecule has 16 heavy (non-hydrogen) atoms. The number of hydrogen-bond donors (Lipinski definition) is 1. The van der Waals surface area contributed by atoms with Gasteiger partial charge in [-0.05, 0) is 16.8 Å². The van der Waals surface area contributed by atoms with E-state index in [1.54, 1.807) is 0 Å². The molecule has 1 unspecified atom stereocenters. The summed E-state index contributed by atoms with van der Waals surface area (Å²) in [4.78, 5) is 15.1. The zero-order chi connectivity index (χ0) is 11.5. The van der Waals surface area contributed by atoms with Crippen LogP contribution in [-0.2, 0) is 4.79 Å². The fraction of sp³-hybridized carbons (Fsp3) is 0.444. The van der Waals surface area contributed by atoms with Gasteiger partial charge in [0.2, 0.25) is 0 Å². The maximum atomic E-state index is 11.1. The van der Waals surface area contributed by atoms with Crippen LogP contribution in [0, 0.1) is 0 Å². The van der Waals surface area contributed by atoms with Crippen molar-refractivity contribution in [2.45, 2.75) is 25.7 Å². The van der Waals surface area contributed by atoms with E-state index in [2.05, 4.69) is 20.5 Å². The molecule has 1 N–H and O–H groups in total. The van der Waals surface area contributed by atoms with Crippen molar-refractivity contribution in [3.8, 4) is 0 Å². The summed E-state index contributed by atoms with van der Waals surface area (Å²) < 4.78 is 1.42. The topological polar surface area (TPSA) is 93.3 Å². The molecule has 0 amide bonds. The molecule has 0 radical (unpaired) electrons. The van der Waals surface area contributed by atoms with Crippen molar-refractivity contribution >= 4 is 11.6 Å². The lowest BCUT2D eigenvalue weighted by molar-refractivity contribution is -0.139. The highest BCUT2D eigenvalue weighted by molar-refractivity contribution is 5.75. The number of aliphatic carboxylic acids is 1. The minimum absolute atomic E-state index is 0.458. The Bertz CT molecular complexity index is 509. The van der Waals surface area contributed by atoms with Gasteiger partial charge in [0.15, 0.2) is 5.65 Å². The summed E-state index contributed by atoms with van der Waals surface area (Å²) in [5.41, 5.74) is 0.969. The Hall–Kier alpha value is -2.05. The van der Waals surface area contributed by atoms with Gasteiger partial charge in [0, 0.05) is 6.20 Å². The number of rotatable bonds is 4. The molecule has 0 saturated heterocycles. The fourth-order valence-electron chi connectivity index (χ4n) is 1.62. The molecule has 0 saturated carbocycles. The van der Waals surface area contributed by atoms with Crippen molar-refractivity contribution in [1.82, 2.24) is 25.0 Å². The van der Waals surface area contributed by atoms with E-state index in [0.29, 0.717) is 17.8 Å². The molecule has 0 bridgehead atoms. The van der Waals surface area contributed by atoms with Crippen LogP contribution in [0.5, 0.6) is 0 Å². The predicted octanol–water partition coefficient (Wildman–Crippen LogP) is 0.488. The van der Waals surface area contributed by atoms with Crippen molar-refractivity contribution in [3.05, 3.63) is 18.1 Å². The van der Waals surface area contributed by atoms with Crippen molar-refractivity contribution in [1.29, 1.82) is 0 Å². The molecule has 2 rings (SSSR count). The van der Waals surface area contributed by atoms with E-state index in [1.807, 2.05) is 6.92 Å². The van der Waals surface area contributed by atoms with E-state index in [0.717, 1.165) is 6.42 Å². The monoisotopic (exact) mass is 221 g/mol. The Morgan fingerprint density at radius 1 is 1.56 bits per heavy atom. The Balaban J connectivity index is 2.51. The van der Waals surface area contributed by atoms with Crippen LogP contribution in [0.4, 0.5) is 0 Å². The Labute approximate surface area is 91.1 Å². The highest BCUT2D eigenvalue weighted by Gasteiger charge is 2.22. The first-order valence-corrected chi connectivity index (χ1v) is 4.99. The van der Waals surface area contributed by atoms with Crippen LogP contribution in [0.2, 0.25) is 0 Å². The number of carboxylic acid groups (broad SMARTS) is 1. The summed E-state index contributed by atoms with van der Waals surface area (Å²) in [6.45, 7) is 1.93. The Morgan fingerprint density at radius 3 is 3.06 bits per heavy atom. The van der Waals surface area contributed by atoms with Gasteiger partial charge >= 0.3 is 5.97 Å². The number of fused-ring (bicyclic) bond motifs is 1. The molecule has 0 fully saturated rings. The number of carbonyl (C=O) groups is 1. The molecule has 0 aromatic carbocycles. The average Bonchev–Trinajstić information content (AvgIpc) is 2.73. The molecule has 0 aliphatic carbocycles. The second-order valence-corrected chi connectivity index (χ2v) is 3.46. The molecular formula is C9H11N5O2. The lowest BCUT2D eigenvalue weighted by atomic mass is 10.0. The van der Waals surface area contributed by atoms with Gasteiger partial charge in [-0.25, -0.2) is 0 Å². The van der Waals surface area contributed by atoms with E-state index < -0.39 is 11.9 Å². The fourth-order valence-corrected chi connectivity index (χ4v) is 1.62. The van der Waals surface area contributed by atoms with E-state index in [-0.39, 0.29) is 0 Å². The summed E-state index contributed by atoms with van der Waals surface area (Å²) in [6.07, 6.45) is 4.30. The number of aromatic nitrogens is 5. The largest absolute Gasteiger partial charge is 0.481 e. The standard InChI is InChI=1S/C9H11N5O2/c1-2-3-6(9(15)16)7-4-10-5-8-11-12-13-14(7)8/h4-6H,2-3H2,1H3,(H,15,16). The van der Waals surface area contributed by atoms with Gasteiger partial charge in [-0.15, -0.1) is 5.10 Å². The van der Waals surface area contributed by atoms with Crippen molar-refractivity contribution in [2.75, 3.05) is 0 Å². The SMILES string of the molecule is CCCC(C(=O)O)c1cncc2nnnn12. The van der Waals surface area contributed by atoms with Crippen LogP contribution >= 0.6 is 0 Å². The predicted molar refractivity (Wildman–Crippen MR) is 53.9 cm³/mol. The van der Waals surface area contributed by atoms with E-state index >= 15 is 0 Å². The maximum Gasteiger partial charge on any atom is 0.312 e. The Kier molecular flexibility index (Phi) is 2.76. The molecule has 7 heteroatoms. The summed E-state index contributed by atoms with van der Waals surface area (Å²) in [5.74, 6) is -1.50. The number of nitrogens with zero attached hydrogens (tertiary/aromatic N) is 5. The lowest BCUT2D eigenvalue weighted by Crippen LogP contribution is -2.16. The molecule has 84 valence electrons. The normalized spacial score (nSPS) is 12.8. The van der Waals surface area contributed by atoms with Crippen LogP contribution in [0.3, 0.4) is 0 Å². The third-order valence-corrected chi connectivity index (χ3v) is 2.37. The third kappa shape index (κ3) is 1.71. The second kappa shape index (κ2) is 4.21. The lowest BCUT2D eigenvalue weighted by Gasteiger charge is -2.11. The van der Waals surface area contributed by atoms with Crippen LogP contribution in [0.25, 0.3) is 5.65 Å². The quantitative estimate of drug-likeness (QED) is 0.807. The smallest absolute Gasteiger partial charge is 0.312 e. The summed E-state index contributed by atoms with van der Waals surface area (Å²) in [6, 6.07) is 0. The molecule has 2 heterocycles. The zero-order valence-electron chi connectivity index (χ0n) is 8.74. The summed E-state index contributed by atoms with van der Waals surface area (Å²) in [5, 5.41) is 20.1. The number of hydrogen-bond acceptors (Lipinski definition) is 5. The second-order valence-electron chi connectivity index (χ2n) is 3.46. The Morgan fingerprint density at radius 2 is 2.38 bits per heavy atom. The molecule has 0 aliphatic heterocycles. The molecule has 0 aliphatic rings. The molecule has 1 atom stereocenters. The van der Waals surface area contributed by atoms with Gasteiger partial charge < -0.3 is 5.11 Å².